The average molecular weight is 357 g/mol. The van der Waals surface area contributed by atoms with Crippen molar-refractivity contribution in [2.45, 2.75) is 0 Å². The summed E-state index contributed by atoms with van der Waals surface area (Å²) in [6.07, 6.45) is 0. The van der Waals surface area contributed by atoms with Gasteiger partial charge in [0.1, 0.15) is 21.7 Å². The Hall–Kier alpha value is -2.06. The molecule has 118 valence electrons. The Bertz CT molecular complexity index is 702. The Morgan fingerprint density at radius 2 is 1.36 bits per heavy atom. The summed E-state index contributed by atoms with van der Waals surface area (Å²) in [5, 5.41) is 8.66. The summed E-state index contributed by atoms with van der Waals surface area (Å²) in [7, 11) is 0. The Labute approximate surface area is 131 Å². The van der Waals surface area contributed by atoms with E-state index in [9.17, 15) is 27.7 Å². The van der Waals surface area contributed by atoms with Crippen LogP contribution in [0.5, 0.6) is 0 Å². The fourth-order valence-corrected chi connectivity index (χ4v) is 1.53. The van der Waals surface area contributed by atoms with Crippen LogP contribution in [0, 0.1) is 33.4 Å². The molecule has 0 atom stereocenters. The largest absolute Gasteiger partial charge is 0.396 e. The molecule has 2 aromatic carbocycles. The van der Waals surface area contributed by atoms with Crippen LogP contribution in [0.2, 0.25) is 10.0 Å². The Balaban J connectivity index is 0.000000224. The Kier molecular flexibility index (Phi) is 5.95. The summed E-state index contributed by atoms with van der Waals surface area (Å²) in [5.41, 5.74) is 4.08. The molecule has 0 saturated carbocycles. The van der Waals surface area contributed by atoms with Gasteiger partial charge in [-0.3, -0.25) is 10.1 Å². The van der Waals surface area contributed by atoms with Crippen molar-refractivity contribution < 1.29 is 22.5 Å². The number of rotatable bonds is 1. The second kappa shape index (κ2) is 7.28. The molecule has 0 amide bonds. The van der Waals surface area contributed by atoms with Crippen molar-refractivity contribution in [3.63, 3.8) is 0 Å². The lowest BCUT2D eigenvalue weighted by Crippen LogP contribution is -1.94. The van der Waals surface area contributed by atoms with Gasteiger partial charge in [0.2, 0.25) is 5.82 Å². The zero-order valence-electron chi connectivity index (χ0n) is 10.4. The Morgan fingerprint density at radius 3 is 1.82 bits per heavy atom. The standard InChI is InChI=1S/C6H2ClF2NO2.C6H4ClF2N/c7-5-3(8)1-2-4(6(5)9)10(11)12;7-5-3(8)1-2-4(10)6(5)9/h1-2H;1-2H,10H2. The zero-order valence-corrected chi connectivity index (χ0v) is 11.9. The molecule has 0 unspecified atom stereocenters. The van der Waals surface area contributed by atoms with Gasteiger partial charge in [0, 0.05) is 6.07 Å². The third-order valence-electron chi connectivity index (χ3n) is 2.28. The molecule has 0 aliphatic carbocycles. The number of anilines is 1. The van der Waals surface area contributed by atoms with Crippen LogP contribution in [0.3, 0.4) is 0 Å². The van der Waals surface area contributed by atoms with Gasteiger partial charge in [0.25, 0.3) is 0 Å². The fourth-order valence-electron chi connectivity index (χ4n) is 1.20. The minimum Gasteiger partial charge on any atom is -0.396 e. The maximum Gasteiger partial charge on any atom is 0.306 e. The number of hydrogen-bond acceptors (Lipinski definition) is 3. The van der Waals surface area contributed by atoms with Crippen molar-refractivity contribution in [2.24, 2.45) is 0 Å². The van der Waals surface area contributed by atoms with Gasteiger partial charge < -0.3 is 5.73 Å². The molecule has 2 rings (SSSR count). The van der Waals surface area contributed by atoms with Gasteiger partial charge in [-0.25, -0.2) is 13.2 Å². The van der Waals surface area contributed by atoms with Crippen LogP contribution in [0.1, 0.15) is 0 Å². The highest BCUT2D eigenvalue weighted by Gasteiger charge is 2.19. The number of benzene rings is 2. The van der Waals surface area contributed by atoms with E-state index in [4.69, 9.17) is 28.9 Å². The van der Waals surface area contributed by atoms with Crippen LogP contribution in [-0.2, 0) is 0 Å². The SMILES string of the molecule is Nc1ccc(F)c(Cl)c1F.O=[N+]([O-])c1ccc(F)c(Cl)c1F. The van der Waals surface area contributed by atoms with Crippen LogP contribution in [0.25, 0.3) is 0 Å². The first-order chi connectivity index (χ1) is 10.2. The van der Waals surface area contributed by atoms with Gasteiger partial charge >= 0.3 is 5.69 Å². The van der Waals surface area contributed by atoms with Crippen molar-refractivity contribution >= 4 is 34.6 Å². The molecule has 0 fully saturated rings. The molecule has 2 aromatic rings. The lowest BCUT2D eigenvalue weighted by Gasteiger charge is -1.97. The summed E-state index contributed by atoms with van der Waals surface area (Å²) in [6, 6.07) is 3.59. The van der Waals surface area contributed by atoms with Gasteiger partial charge in [0.05, 0.1) is 10.6 Å². The molecule has 0 bridgehead atoms. The highest BCUT2D eigenvalue weighted by molar-refractivity contribution is 6.31. The van der Waals surface area contributed by atoms with Gasteiger partial charge in [-0.2, -0.15) is 4.39 Å². The third kappa shape index (κ3) is 3.99. The molecule has 22 heavy (non-hydrogen) atoms. The van der Waals surface area contributed by atoms with E-state index in [0.717, 1.165) is 24.3 Å². The fraction of sp³-hybridized carbons (Fsp3) is 0. The van der Waals surface area contributed by atoms with E-state index in [2.05, 4.69) is 0 Å². The first kappa shape index (κ1) is 18.0. The third-order valence-corrected chi connectivity index (χ3v) is 2.97. The molecule has 0 radical (unpaired) electrons. The maximum absolute atomic E-state index is 12.7. The predicted molar refractivity (Wildman–Crippen MR) is 73.8 cm³/mol. The summed E-state index contributed by atoms with van der Waals surface area (Å²) in [5.74, 6) is -4.06. The molecule has 0 heterocycles. The van der Waals surface area contributed by atoms with E-state index in [1.54, 1.807) is 0 Å². The quantitative estimate of drug-likeness (QED) is 0.264. The Morgan fingerprint density at radius 1 is 0.909 bits per heavy atom. The van der Waals surface area contributed by atoms with E-state index >= 15 is 0 Å². The average Bonchev–Trinajstić information content (AvgIpc) is 2.47. The second-order valence-electron chi connectivity index (χ2n) is 3.72. The van der Waals surface area contributed by atoms with Gasteiger partial charge in [-0.15, -0.1) is 0 Å². The number of nitro benzene ring substituents is 1. The smallest absolute Gasteiger partial charge is 0.306 e. The first-order valence-corrected chi connectivity index (χ1v) is 6.09. The van der Waals surface area contributed by atoms with Crippen molar-refractivity contribution in [3.8, 4) is 0 Å². The van der Waals surface area contributed by atoms with E-state index in [0.29, 0.717) is 0 Å². The molecule has 0 aromatic heterocycles. The molecule has 4 nitrogen and oxygen atoms in total. The van der Waals surface area contributed by atoms with Gasteiger partial charge in [-0.05, 0) is 18.2 Å². The summed E-state index contributed by atoms with van der Waals surface area (Å²) >= 11 is 10.2. The summed E-state index contributed by atoms with van der Waals surface area (Å²) in [4.78, 5) is 9.10. The maximum atomic E-state index is 12.7. The number of nitrogen functional groups attached to an aromatic ring is 1. The van der Waals surface area contributed by atoms with E-state index in [1.807, 2.05) is 0 Å². The van der Waals surface area contributed by atoms with Crippen molar-refractivity contribution in [1.29, 1.82) is 0 Å². The molecular formula is C12H6Cl2F4N2O2. The topological polar surface area (TPSA) is 69.2 Å². The molecule has 0 aliphatic rings. The molecule has 10 heteroatoms. The highest BCUT2D eigenvalue weighted by Crippen LogP contribution is 2.26. The van der Waals surface area contributed by atoms with Crippen molar-refractivity contribution in [2.75, 3.05) is 5.73 Å². The number of halogens is 6. The molecule has 2 N–H and O–H groups in total. The first-order valence-electron chi connectivity index (χ1n) is 5.33. The molecule has 0 saturated heterocycles. The van der Waals surface area contributed by atoms with Gasteiger partial charge in [0.15, 0.2) is 5.82 Å². The van der Waals surface area contributed by atoms with Crippen LogP contribution >= 0.6 is 23.2 Å². The lowest BCUT2D eigenvalue weighted by molar-refractivity contribution is -0.387. The predicted octanol–water partition coefficient (Wildman–Crippen LogP) is 4.73. The molecular weight excluding hydrogens is 351 g/mol. The van der Waals surface area contributed by atoms with Crippen molar-refractivity contribution in [3.05, 3.63) is 67.7 Å². The lowest BCUT2D eigenvalue weighted by atomic mass is 10.3. The van der Waals surface area contributed by atoms with E-state index in [-0.39, 0.29) is 5.69 Å². The normalized spacial score (nSPS) is 9.91. The van der Waals surface area contributed by atoms with E-state index < -0.39 is 43.9 Å². The zero-order chi connectivity index (χ0) is 17.0. The molecule has 0 aliphatic heterocycles. The number of nitrogens with two attached hydrogens (primary N) is 1. The van der Waals surface area contributed by atoms with Crippen LogP contribution in [0.15, 0.2) is 24.3 Å². The van der Waals surface area contributed by atoms with Crippen LogP contribution in [-0.4, -0.2) is 4.92 Å². The summed E-state index contributed by atoms with van der Waals surface area (Å²) in [6.45, 7) is 0. The number of nitro groups is 1. The minimum absolute atomic E-state index is 0.147. The van der Waals surface area contributed by atoms with E-state index in [1.165, 1.54) is 0 Å². The number of hydrogen-bond donors (Lipinski definition) is 1. The molecule has 0 spiro atoms. The number of nitrogens with zero attached hydrogens (tertiary/aromatic N) is 1. The highest BCUT2D eigenvalue weighted by atomic mass is 35.5. The van der Waals surface area contributed by atoms with Crippen molar-refractivity contribution in [1.82, 2.24) is 0 Å². The summed E-state index contributed by atoms with van der Waals surface area (Å²) < 4.78 is 50.0. The second-order valence-corrected chi connectivity index (χ2v) is 4.47. The van der Waals surface area contributed by atoms with Gasteiger partial charge in [-0.1, -0.05) is 23.2 Å². The minimum atomic E-state index is -1.35. The van der Waals surface area contributed by atoms with Crippen LogP contribution < -0.4 is 5.73 Å². The monoisotopic (exact) mass is 356 g/mol. The van der Waals surface area contributed by atoms with Crippen LogP contribution in [0.4, 0.5) is 28.9 Å².